The maximum absolute atomic E-state index is 12.7. The standard InChI is InChI=1S/C15H20N4O3S/c1-8(2)10-6-22-15-3-4-18(11(15)5-12(20)19(10)15)13(21)9-7-23-14(16)17-9/h7-8,10-11H,3-6H2,1-2H3,(H2,16,17)/t10-,11+,15-/m0/s1. The highest BCUT2D eigenvalue weighted by Gasteiger charge is 2.65. The van der Waals surface area contributed by atoms with Gasteiger partial charge in [0.2, 0.25) is 5.91 Å². The lowest BCUT2D eigenvalue weighted by molar-refractivity contribution is -0.139. The lowest BCUT2D eigenvalue weighted by Gasteiger charge is -2.34. The summed E-state index contributed by atoms with van der Waals surface area (Å²) in [5, 5.41) is 2.05. The summed E-state index contributed by atoms with van der Waals surface area (Å²) in [6.45, 7) is 5.33. The third kappa shape index (κ3) is 1.94. The van der Waals surface area contributed by atoms with Gasteiger partial charge in [-0.2, -0.15) is 0 Å². The molecule has 1 spiro atoms. The van der Waals surface area contributed by atoms with Crippen molar-refractivity contribution in [3.63, 3.8) is 0 Å². The normalized spacial score (nSPS) is 32.7. The first-order chi connectivity index (χ1) is 10.9. The summed E-state index contributed by atoms with van der Waals surface area (Å²) in [7, 11) is 0. The second-order valence-corrected chi connectivity index (χ2v) is 7.66. The zero-order valence-corrected chi connectivity index (χ0v) is 14.0. The minimum absolute atomic E-state index is 0.0847. The van der Waals surface area contributed by atoms with Crippen molar-refractivity contribution in [1.29, 1.82) is 0 Å². The van der Waals surface area contributed by atoms with E-state index in [4.69, 9.17) is 10.5 Å². The topological polar surface area (TPSA) is 88.8 Å². The van der Waals surface area contributed by atoms with Crippen LogP contribution in [0.2, 0.25) is 0 Å². The highest BCUT2D eigenvalue weighted by molar-refractivity contribution is 7.13. The second-order valence-electron chi connectivity index (χ2n) is 6.77. The molecule has 2 N–H and O–H groups in total. The summed E-state index contributed by atoms with van der Waals surface area (Å²) in [6.07, 6.45) is 0.993. The number of anilines is 1. The molecule has 3 aliphatic heterocycles. The minimum Gasteiger partial charge on any atom is -0.375 e. The van der Waals surface area contributed by atoms with Crippen molar-refractivity contribution in [3.05, 3.63) is 11.1 Å². The molecule has 0 aromatic carbocycles. The number of hydrogen-bond acceptors (Lipinski definition) is 6. The first kappa shape index (κ1) is 14.9. The smallest absolute Gasteiger partial charge is 0.273 e. The third-order valence-corrected chi connectivity index (χ3v) is 5.93. The highest BCUT2D eigenvalue weighted by atomic mass is 32.1. The van der Waals surface area contributed by atoms with Gasteiger partial charge in [-0.15, -0.1) is 11.3 Å². The predicted octanol–water partition coefficient (Wildman–Crippen LogP) is 0.923. The molecular formula is C15H20N4O3S. The van der Waals surface area contributed by atoms with Gasteiger partial charge in [-0.3, -0.25) is 9.59 Å². The molecule has 2 amide bonds. The zero-order chi connectivity index (χ0) is 16.4. The second kappa shape index (κ2) is 4.91. The molecule has 0 unspecified atom stereocenters. The van der Waals surface area contributed by atoms with E-state index in [0.29, 0.717) is 42.7 Å². The van der Waals surface area contributed by atoms with Crippen LogP contribution in [0.1, 0.15) is 37.2 Å². The first-order valence-corrected chi connectivity index (χ1v) is 8.80. The minimum atomic E-state index is -0.636. The number of ether oxygens (including phenoxy) is 1. The third-order valence-electron chi connectivity index (χ3n) is 5.26. The van der Waals surface area contributed by atoms with Gasteiger partial charge in [-0.1, -0.05) is 13.8 Å². The predicted molar refractivity (Wildman–Crippen MR) is 84.7 cm³/mol. The van der Waals surface area contributed by atoms with Crippen molar-refractivity contribution in [3.8, 4) is 0 Å². The molecule has 1 aromatic rings. The Morgan fingerprint density at radius 3 is 3.00 bits per heavy atom. The van der Waals surface area contributed by atoms with E-state index < -0.39 is 5.72 Å². The molecular weight excluding hydrogens is 316 g/mol. The molecule has 8 heteroatoms. The van der Waals surface area contributed by atoms with Gasteiger partial charge in [0, 0.05) is 18.3 Å². The Hall–Kier alpha value is -1.67. The molecule has 3 atom stereocenters. The van der Waals surface area contributed by atoms with Gasteiger partial charge in [0.05, 0.1) is 25.1 Å². The molecule has 7 nitrogen and oxygen atoms in total. The van der Waals surface area contributed by atoms with E-state index in [1.165, 1.54) is 11.3 Å². The number of nitrogens with two attached hydrogens (primary N) is 1. The molecule has 0 radical (unpaired) electrons. The van der Waals surface area contributed by atoms with Crippen LogP contribution < -0.4 is 5.73 Å². The van der Waals surface area contributed by atoms with Crippen molar-refractivity contribution < 1.29 is 14.3 Å². The van der Waals surface area contributed by atoms with Gasteiger partial charge in [-0.05, 0) is 5.92 Å². The van der Waals surface area contributed by atoms with Crippen LogP contribution in [0.15, 0.2) is 5.38 Å². The average Bonchev–Trinajstić information content (AvgIpc) is 3.21. The van der Waals surface area contributed by atoms with Gasteiger partial charge >= 0.3 is 0 Å². The summed E-state index contributed by atoms with van der Waals surface area (Å²) in [4.78, 5) is 33.0. The molecule has 1 aromatic heterocycles. The Morgan fingerprint density at radius 1 is 1.57 bits per heavy atom. The first-order valence-electron chi connectivity index (χ1n) is 7.92. The summed E-state index contributed by atoms with van der Waals surface area (Å²) < 4.78 is 6.12. The van der Waals surface area contributed by atoms with E-state index in [0.717, 1.165) is 0 Å². The number of likely N-dealkylation sites (tertiary alicyclic amines) is 1. The van der Waals surface area contributed by atoms with Crippen molar-refractivity contribution in [2.75, 3.05) is 18.9 Å². The number of carbonyl (C=O) groups excluding carboxylic acids is 2. The average molecular weight is 336 g/mol. The van der Waals surface area contributed by atoms with Crippen molar-refractivity contribution in [1.82, 2.24) is 14.8 Å². The number of nitrogen functional groups attached to an aromatic ring is 1. The van der Waals surface area contributed by atoms with Gasteiger partial charge in [0.15, 0.2) is 10.9 Å². The Labute approximate surface area is 138 Å². The zero-order valence-electron chi connectivity index (χ0n) is 13.2. The van der Waals surface area contributed by atoms with Crippen LogP contribution in [0.5, 0.6) is 0 Å². The molecule has 4 heterocycles. The number of nitrogens with zero attached hydrogens (tertiary/aromatic N) is 3. The number of rotatable bonds is 2. The van der Waals surface area contributed by atoms with Crippen molar-refractivity contribution in [2.24, 2.45) is 5.92 Å². The molecule has 4 rings (SSSR count). The van der Waals surface area contributed by atoms with E-state index in [2.05, 4.69) is 18.8 Å². The fraction of sp³-hybridized carbons (Fsp3) is 0.667. The summed E-state index contributed by atoms with van der Waals surface area (Å²) >= 11 is 1.25. The van der Waals surface area contributed by atoms with Crippen LogP contribution in [0.4, 0.5) is 5.13 Å². The van der Waals surface area contributed by atoms with Crippen LogP contribution in [-0.2, 0) is 9.53 Å². The number of thiazole rings is 1. The monoisotopic (exact) mass is 336 g/mol. The maximum atomic E-state index is 12.7. The van der Waals surface area contributed by atoms with E-state index >= 15 is 0 Å². The lowest BCUT2D eigenvalue weighted by Crippen LogP contribution is -2.51. The summed E-state index contributed by atoms with van der Waals surface area (Å²) in [6, 6.07) is -0.133. The Kier molecular flexibility index (Phi) is 3.18. The molecule has 3 fully saturated rings. The van der Waals surface area contributed by atoms with Gasteiger partial charge in [0.1, 0.15) is 5.69 Å². The quantitative estimate of drug-likeness (QED) is 0.868. The van der Waals surface area contributed by atoms with Crippen LogP contribution in [0.3, 0.4) is 0 Å². The highest BCUT2D eigenvalue weighted by Crippen LogP contribution is 2.49. The number of amides is 2. The number of hydrogen-bond donors (Lipinski definition) is 1. The van der Waals surface area contributed by atoms with E-state index in [-0.39, 0.29) is 23.9 Å². The lowest BCUT2D eigenvalue weighted by atomic mass is 10.0. The van der Waals surface area contributed by atoms with Crippen LogP contribution in [-0.4, -0.2) is 57.6 Å². The fourth-order valence-corrected chi connectivity index (χ4v) is 4.68. The van der Waals surface area contributed by atoms with Crippen molar-refractivity contribution >= 4 is 28.3 Å². The molecule has 0 bridgehead atoms. The molecule has 3 aliphatic rings. The Balaban J connectivity index is 1.64. The van der Waals surface area contributed by atoms with Gasteiger partial charge in [-0.25, -0.2) is 4.98 Å². The maximum Gasteiger partial charge on any atom is 0.273 e. The Bertz CT molecular complexity index is 675. The SMILES string of the molecule is CC(C)[C@@H]1CO[C@@]23CCN(C(=O)c4csc(N)n4)[C@@H]2CC(=O)N13. The van der Waals surface area contributed by atoms with Crippen LogP contribution in [0, 0.1) is 5.92 Å². The van der Waals surface area contributed by atoms with E-state index in [9.17, 15) is 9.59 Å². The van der Waals surface area contributed by atoms with E-state index in [1.807, 2.05) is 4.90 Å². The van der Waals surface area contributed by atoms with Crippen LogP contribution in [0.25, 0.3) is 0 Å². The summed E-state index contributed by atoms with van der Waals surface area (Å²) in [5.74, 6) is 0.257. The molecule has 124 valence electrons. The molecule has 0 aliphatic carbocycles. The van der Waals surface area contributed by atoms with Crippen LogP contribution >= 0.6 is 11.3 Å². The largest absolute Gasteiger partial charge is 0.375 e. The number of aromatic nitrogens is 1. The molecule has 3 saturated heterocycles. The molecule has 0 saturated carbocycles. The van der Waals surface area contributed by atoms with Gasteiger partial charge in [0.25, 0.3) is 5.91 Å². The van der Waals surface area contributed by atoms with Gasteiger partial charge < -0.3 is 20.3 Å². The summed E-state index contributed by atoms with van der Waals surface area (Å²) in [5.41, 5.74) is 5.35. The number of carbonyl (C=O) groups is 2. The van der Waals surface area contributed by atoms with E-state index in [1.54, 1.807) is 10.3 Å². The fourth-order valence-electron chi connectivity index (χ4n) is 4.15. The Morgan fingerprint density at radius 2 is 2.35 bits per heavy atom. The molecule has 23 heavy (non-hydrogen) atoms. The van der Waals surface area contributed by atoms with Crippen molar-refractivity contribution in [2.45, 2.75) is 44.5 Å².